The van der Waals surface area contributed by atoms with E-state index >= 15 is 0 Å². The second-order valence-electron chi connectivity index (χ2n) is 3.90. The number of anilines is 1. The van der Waals surface area contributed by atoms with Crippen LogP contribution in [-0.4, -0.2) is 15.6 Å². The van der Waals surface area contributed by atoms with Crippen LogP contribution in [0.4, 0.5) is 5.69 Å². The molecule has 0 fully saturated rings. The van der Waals surface area contributed by atoms with Gasteiger partial charge in [0, 0.05) is 35.9 Å². The van der Waals surface area contributed by atoms with Crippen molar-refractivity contribution in [1.82, 2.24) is 9.78 Å². The van der Waals surface area contributed by atoms with Crippen molar-refractivity contribution in [2.45, 2.75) is 6.42 Å². The maximum Gasteiger partial charge on any atom is 0.167 e. The van der Waals surface area contributed by atoms with E-state index in [1.807, 2.05) is 13.2 Å². The van der Waals surface area contributed by atoms with Crippen LogP contribution in [0.15, 0.2) is 30.6 Å². The first-order valence-corrected chi connectivity index (χ1v) is 5.49. The smallest absolute Gasteiger partial charge is 0.167 e. The molecule has 2 N–H and O–H groups in total. The van der Waals surface area contributed by atoms with Gasteiger partial charge in [0.2, 0.25) is 0 Å². The van der Waals surface area contributed by atoms with E-state index in [0.29, 0.717) is 22.7 Å². The summed E-state index contributed by atoms with van der Waals surface area (Å²) >= 11 is 5.85. The summed E-state index contributed by atoms with van der Waals surface area (Å²) in [6.07, 6.45) is 3.78. The molecule has 0 amide bonds. The van der Waals surface area contributed by atoms with E-state index in [-0.39, 0.29) is 5.78 Å². The fourth-order valence-corrected chi connectivity index (χ4v) is 1.87. The molecule has 2 rings (SSSR count). The third-order valence-electron chi connectivity index (χ3n) is 2.37. The summed E-state index contributed by atoms with van der Waals surface area (Å²) in [7, 11) is 1.81. The lowest BCUT2D eigenvalue weighted by Crippen LogP contribution is -2.03. The van der Waals surface area contributed by atoms with Gasteiger partial charge in [0.05, 0.1) is 6.20 Å². The number of rotatable bonds is 3. The normalized spacial score (nSPS) is 10.5. The van der Waals surface area contributed by atoms with Gasteiger partial charge < -0.3 is 5.73 Å². The third-order valence-corrected chi connectivity index (χ3v) is 2.58. The Bertz CT molecular complexity index is 542. The highest BCUT2D eigenvalue weighted by Gasteiger charge is 2.09. The number of halogens is 1. The Labute approximate surface area is 104 Å². The molecule has 0 aliphatic carbocycles. The molecule has 1 aromatic carbocycles. The van der Waals surface area contributed by atoms with Crippen molar-refractivity contribution in [1.29, 1.82) is 0 Å². The number of Topliss-reactive ketones (excluding diaryl/α,β-unsaturated/α-hetero) is 1. The number of aromatic nitrogens is 2. The molecule has 1 heterocycles. The van der Waals surface area contributed by atoms with Crippen LogP contribution in [0.5, 0.6) is 0 Å². The van der Waals surface area contributed by atoms with Gasteiger partial charge in [-0.05, 0) is 23.8 Å². The van der Waals surface area contributed by atoms with Gasteiger partial charge in [0.25, 0.3) is 0 Å². The van der Waals surface area contributed by atoms with Gasteiger partial charge in [-0.2, -0.15) is 5.10 Å². The summed E-state index contributed by atoms with van der Waals surface area (Å²) < 4.78 is 1.66. The molecule has 0 bridgehead atoms. The van der Waals surface area contributed by atoms with Crippen molar-refractivity contribution in [3.63, 3.8) is 0 Å². The second-order valence-corrected chi connectivity index (χ2v) is 4.33. The maximum atomic E-state index is 12.0. The van der Waals surface area contributed by atoms with Crippen LogP contribution in [-0.2, 0) is 13.5 Å². The number of aryl methyl sites for hydroxylation is 1. The van der Waals surface area contributed by atoms with E-state index < -0.39 is 0 Å². The van der Waals surface area contributed by atoms with Crippen molar-refractivity contribution in [3.8, 4) is 0 Å². The molecular weight excluding hydrogens is 238 g/mol. The van der Waals surface area contributed by atoms with Crippen LogP contribution in [0.3, 0.4) is 0 Å². The molecule has 0 saturated heterocycles. The molecule has 0 aliphatic heterocycles. The maximum absolute atomic E-state index is 12.0. The van der Waals surface area contributed by atoms with Crippen LogP contribution in [0.1, 0.15) is 15.9 Å². The monoisotopic (exact) mass is 249 g/mol. The number of nitrogens with two attached hydrogens (primary N) is 1. The fraction of sp³-hybridized carbons (Fsp3) is 0.167. The molecule has 5 heteroatoms. The SMILES string of the molecule is Cn1cc(CC(=O)c2cc(N)cc(Cl)c2)cn1. The zero-order valence-electron chi connectivity index (χ0n) is 9.35. The van der Waals surface area contributed by atoms with Crippen molar-refractivity contribution >= 4 is 23.1 Å². The van der Waals surface area contributed by atoms with Crippen LogP contribution in [0.2, 0.25) is 5.02 Å². The predicted molar refractivity (Wildman–Crippen MR) is 67.1 cm³/mol. The molecule has 4 nitrogen and oxygen atoms in total. The topological polar surface area (TPSA) is 60.9 Å². The Morgan fingerprint density at radius 1 is 1.47 bits per heavy atom. The summed E-state index contributed by atoms with van der Waals surface area (Å²) in [6.45, 7) is 0. The van der Waals surface area contributed by atoms with Crippen molar-refractivity contribution < 1.29 is 4.79 Å². The van der Waals surface area contributed by atoms with Crippen molar-refractivity contribution in [3.05, 3.63) is 46.7 Å². The summed E-state index contributed by atoms with van der Waals surface area (Å²) in [5.74, 6) is -0.0211. The Kier molecular flexibility index (Phi) is 3.15. The minimum atomic E-state index is -0.0211. The van der Waals surface area contributed by atoms with Gasteiger partial charge in [0.15, 0.2) is 5.78 Å². The lowest BCUT2D eigenvalue weighted by molar-refractivity contribution is 0.0993. The van der Waals surface area contributed by atoms with Gasteiger partial charge in [-0.3, -0.25) is 9.48 Å². The highest BCUT2D eigenvalue weighted by molar-refractivity contribution is 6.31. The summed E-state index contributed by atoms with van der Waals surface area (Å²) in [5.41, 5.74) is 7.53. The highest BCUT2D eigenvalue weighted by atomic mass is 35.5. The fourth-order valence-electron chi connectivity index (χ4n) is 1.62. The number of benzene rings is 1. The van der Waals surface area contributed by atoms with E-state index in [1.54, 1.807) is 29.1 Å². The molecule has 0 atom stereocenters. The van der Waals surface area contributed by atoms with E-state index in [0.717, 1.165) is 5.56 Å². The Morgan fingerprint density at radius 2 is 2.24 bits per heavy atom. The summed E-state index contributed by atoms with van der Waals surface area (Å²) in [4.78, 5) is 12.0. The summed E-state index contributed by atoms with van der Waals surface area (Å²) in [6, 6.07) is 4.86. The van der Waals surface area contributed by atoms with Gasteiger partial charge >= 0.3 is 0 Å². The lowest BCUT2D eigenvalue weighted by atomic mass is 10.0. The quantitative estimate of drug-likeness (QED) is 0.669. The summed E-state index contributed by atoms with van der Waals surface area (Å²) in [5, 5.41) is 4.48. The number of nitrogens with zero attached hydrogens (tertiary/aromatic N) is 2. The second kappa shape index (κ2) is 4.59. The van der Waals surface area contributed by atoms with Gasteiger partial charge in [0.1, 0.15) is 0 Å². The molecule has 17 heavy (non-hydrogen) atoms. The Hall–Kier alpha value is -1.81. The number of ketones is 1. The van der Waals surface area contributed by atoms with E-state index in [9.17, 15) is 4.79 Å². The number of nitrogen functional groups attached to an aromatic ring is 1. The standard InChI is InChI=1S/C12H12ClN3O/c1-16-7-8(6-15-16)2-12(17)9-3-10(13)5-11(14)4-9/h3-7H,2,14H2,1H3. The molecule has 0 spiro atoms. The van der Waals surface area contributed by atoms with Crippen LogP contribution in [0.25, 0.3) is 0 Å². The van der Waals surface area contributed by atoms with Crippen LogP contribution < -0.4 is 5.73 Å². The average molecular weight is 250 g/mol. The molecular formula is C12H12ClN3O. The van der Waals surface area contributed by atoms with Crippen molar-refractivity contribution in [2.75, 3.05) is 5.73 Å². The Balaban J connectivity index is 2.19. The molecule has 0 saturated carbocycles. The van der Waals surface area contributed by atoms with Gasteiger partial charge in [-0.25, -0.2) is 0 Å². The van der Waals surface area contributed by atoms with E-state index in [1.165, 1.54) is 0 Å². The number of carbonyl (C=O) groups excluding carboxylic acids is 1. The molecule has 0 aliphatic rings. The number of carbonyl (C=O) groups is 1. The average Bonchev–Trinajstić information content (AvgIpc) is 2.62. The Morgan fingerprint density at radius 3 is 2.82 bits per heavy atom. The first-order chi connectivity index (χ1) is 8.04. The highest BCUT2D eigenvalue weighted by Crippen LogP contribution is 2.18. The molecule has 0 radical (unpaired) electrons. The zero-order chi connectivity index (χ0) is 12.4. The third kappa shape index (κ3) is 2.85. The lowest BCUT2D eigenvalue weighted by Gasteiger charge is -2.02. The first-order valence-electron chi connectivity index (χ1n) is 5.11. The van der Waals surface area contributed by atoms with Gasteiger partial charge in [-0.1, -0.05) is 11.6 Å². The van der Waals surface area contributed by atoms with E-state index in [4.69, 9.17) is 17.3 Å². The minimum Gasteiger partial charge on any atom is -0.399 e. The predicted octanol–water partition coefficient (Wildman–Crippen LogP) is 2.08. The molecule has 1 aromatic heterocycles. The largest absolute Gasteiger partial charge is 0.399 e. The molecule has 2 aromatic rings. The first kappa shape index (κ1) is 11.7. The number of hydrogen-bond acceptors (Lipinski definition) is 3. The van der Waals surface area contributed by atoms with Crippen LogP contribution in [0, 0.1) is 0 Å². The minimum absolute atomic E-state index is 0.0211. The van der Waals surface area contributed by atoms with Crippen LogP contribution >= 0.6 is 11.6 Å². The number of hydrogen-bond donors (Lipinski definition) is 1. The van der Waals surface area contributed by atoms with Crippen molar-refractivity contribution in [2.24, 2.45) is 7.05 Å². The zero-order valence-corrected chi connectivity index (χ0v) is 10.1. The molecule has 88 valence electrons. The molecule has 0 unspecified atom stereocenters. The van der Waals surface area contributed by atoms with E-state index in [2.05, 4.69) is 5.10 Å². The van der Waals surface area contributed by atoms with Gasteiger partial charge in [-0.15, -0.1) is 0 Å².